The van der Waals surface area contributed by atoms with Gasteiger partial charge in [-0.3, -0.25) is 9.59 Å². The van der Waals surface area contributed by atoms with Gasteiger partial charge < -0.3 is 15.0 Å². The predicted octanol–water partition coefficient (Wildman–Crippen LogP) is 4.35. The maximum Gasteiger partial charge on any atom is 0.257 e. The van der Waals surface area contributed by atoms with Gasteiger partial charge in [0.15, 0.2) is 9.84 Å². The lowest BCUT2D eigenvalue weighted by atomic mass is 9.96. The Hall–Kier alpha value is -2.55. The van der Waals surface area contributed by atoms with Crippen LogP contribution in [-0.2, 0) is 14.6 Å². The summed E-state index contributed by atoms with van der Waals surface area (Å²) < 4.78 is 29.9. The Morgan fingerprint density at radius 1 is 1.15 bits per heavy atom. The number of hydrogen-bond donors (Lipinski definition) is 1. The Morgan fingerprint density at radius 2 is 1.85 bits per heavy atom. The molecule has 0 radical (unpaired) electrons. The summed E-state index contributed by atoms with van der Waals surface area (Å²) in [7, 11) is -2.08. The first-order valence-electron chi connectivity index (χ1n) is 10.8. The molecule has 182 valence electrons. The van der Waals surface area contributed by atoms with Gasteiger partial charge in [-0.15, -0.1) is 0 Å². The molecule has 34 heavy (non-hydrogen) atoms. The van der Waals surface area contributed by atoms with Crippen LogP contribution in [0.5, 0.6) is 5.75 Å². The second-order valence-electron chi connectivity index (χ2n) is 7.89. The minimum Gasteiger partial charge on any atom is -0.496 e. The van der Waals surface area contributed by atoms with Gasteiger partial charge in [-0.05, 0) is 61.7 Å². The Kier molecular flexibility index (Phi) is 8.99. The van der Waals surface area contributed by atoms with E-state index in [2.05, 4.69) is 5.32 Å². The molecular formula is C24H26Cl2N2O5S. The van der Waals surface area contributed by atoms with E-state index in [1.165, 1.54) is 37.5 Å². The van der Waals surface area contributed by atoms with Gasteiger partial charge >= 0.3 is 0 Å². The minimum atomic E-state index is -3.57. The predicted molar refractivity (Wildman–Crippen MR) is 132 cm³/mol. The monoisotopic (exact) mass is 524 g/mol. The summed E-state index contributed by atoms with van der Waals surface area (Å²) in [5.41, 5.74) is 0.364. The van der Waals surface area contributed by atoms with Crippen molar-refractivity contribution in [3.8, 4) is 5.75 Å². The number of carbonyl (C=O) groups excluding carboxylic acids is 2. The number of halogens is 2. The van der Waals surface area contributed by atoms with Gasteiger partial charge in [-0.1, -0.05) is 29.3 Å². The molecule has 0 spiro atoms. The van der Waals surface area contributed by atoms with Crippen molar-refractivity contribution in [1.29, 1.82) is 0 Å². The second-order valence-corrected chi connectivity index (χ2v) is 10.6. The fraction of sp³-hybridized carbons (Fsp3) is 0.333. The van der Waals surface area contributed by atoms with Crippen molar-refractivity contribution in [2.45, 2.75) is 24.2 Å². The van der Waals surface area contributed by atoms with Gasteiger partial charge in [0, 0.05) is 35.1 Å². The number of nitrogens with one attached hydrogen (secondary N) is 1. The lowest BCUT2D eigenvalue weighted by Gasteiger charge is -2.32. The molecule has 1 N–H and O–H groups in total. The van der Waals surface area contributed by atoms with Crippen molar-refractivity contribution >= 4 is 44.9 Å². The van der Waals surface area contributed by atoms with Crippen LogP contribution < -0.4 is 10.1 Å². The van der Waals surface area contributed by atoms with Crippen LogP contribution in [0.15, 0.2) is 58.8 Å². The Bertz CT molecular complexity index is 1170. The Morgan fingerprint density at radius 3 is 2.56 bits per heavy atom. The number of piperidine rings is 1. The average Bonchev–Trinajstić information content (AvgIpc) is 2.83. The van der Waals surface area contributed by atoms with Gasteiger partial charge in [-0.25, -0.2) is 8.42 Å². The molecule has 10 heteroatoms. The van der Waals surface area contributed by atoms with E-state index < -0.39 is 9.84 Å². The van der Waals surface area contributed by atoms with Gasteiger partial charge in [0.1, 0.15) is 5.75 Å². The zero-order valence-electron chi connectivity index (χ0n) is 18.7. The molecular weight excluding hydrogens is 499 g/mol. The number of ether oxygens (including phenoxy) is 1. The van der Waals surface area contributed by atoms with Crippen LogP contribution in [-0.4, -0.2) is 51.9 Å². The number of sulfone groups is 1. The second kappa shape index (κ2) is 11.7. The van der Waals surface area contributed by atoms with Crippen molar-refractivity contribution in [1.82, 2.24) is 10.2 Å². The molecule has 1 aliphatic rings. The maximum absolute atomic E-state index is 13.0. The number of benzene rings is 2. The number of nitrogens with zero attached hydrogens (tertiary/aromatic N) is 1. The molecule has 0 bridgehead atoms. The van der Waals surface area contributed by atoms with Crippen molar-refractivity contribution in [2.24, 2.45) is 5.92 Å². The van der Waals surface area contributed by atoms with Gasteiger partial charge in [-0.2, -0.15) is 0 Å². The zero-order chi connectivity index (χ0) is 24.7. The molecule has 1 heterocycles. The van der Waals surface area contributed by atoms with Crippen LogP contribution in [0.3, 0.4) is 0 Å². The highest BCUT2D eigenvalue weighted by molar-refractivity contribution is 7.94. The zero-order valence-corrected chi connectivity index (χ0v) is 21.0. The summed E-state index contributed by atoms with van der Waals surface area (Å²) in [4.78, 5) is 27.4. The Labute approximate surface area is 209 Å². The topological polar surface area (TPSA) is 92.8 Å². The lowest BCUT2D eigenvalue weighted by molar-refractivity contribution is -0.126. The van der Waals surface area contributed by atoms with Crippen LogP contribution >= 0.6 is 23.2 Å². The van der Waals surface area contributed by atoms with Crippen molar-refractivity contribution in [3.63, 3.8) is 0 Å². The number of methoxy groups -OCH3 is 1. The maximum atomic E-state index is 13.0. The molecule has 3 rings (SSSR count). The summed E-state index contributed by atoms with van der Waals surface area (Å²) >= 11 is 11.8. The summed E-state index contributed by atoms with van der Waals surface area (Å²) in [5.74, 6) is -0.303. The van der Waals surface area contributed by atoms with E-state index in [1.54, 1.807) is 23.1 Å². The molecule has 2 aromatic carbocycles. The number of carbonyl (C=O) groups is 2. The van der Waals surface area contributed by atoms with Crippen molar-refractivity contribution < 1.29 is 22.7 Å². The molecule has 7 nitrogen and oxygen atoms in total. The molecule has 2 aromatic rings. The fourth-order valence-electron chi connectivity index (χ4n) is 3.71. The van der Waals surface area contributed by atoms with Crippen LogP contribution in [0, 0.1) is 5.92 Å². The SMILES string of the molecule is COc1ccc(Cl)cc1C(=O)N1CCC[C@H](C(=O)NCC/C=C/S(=O)(=O)c2ccc(Cl)cc2)C1. The molecule has 0 saturated carbocycles. The normalized spacial score (nSPS) is 16.4. The van der Waals surface area contributed by atoms with Crippen LogP contribution in [0.25, 0.3) is 0 Å². The third-order valence-corrected chi connectivity index (χ3v) is 7.47. The highest BCUT2D eigenvalue weighted by Gasteiger charge is 2.30. The average molecular weight is 525 g/mol. The molecule has 1 aliphatic heterocycles. The molecule has 1 atom stereocenters. The van der Waals surface area contributed by atoms with E-state index in [4.69, 9.17) is 27.9 Å². The summed E-state index contributed by atoms with van der Waals surface area (Å²) in [6.07, 6.45) is 3.23. The van der Waals surface area contributed by atoms with E-state index in [0.29, 0.717) is 53.7 Å². The van der Waals surface area contributed by atoms with E-state index >= 15 is 0 Å². The van der Waals surface area contributed by atoms with Crippen LogP contribution in [0.1, 0.15) is 29.6 Å². The Balaban J connectivity index is 1.52. The summed E-state index contributed by atoms with van der Waals surface area (Å²) in [5, 5.41) is 4.85. The van der Waals surface area contributed by atoms with Crippen molar-refractivity contribution in [2.75, 3.05) is 26.7 Å². The molecule has 0 aromatic heterocycles. The largest absolute Gasteiger partial charge is 0.496 e. The standard InChI is InChI=1S/C24H26Cl2N2O5S/c1-33-22-11-8-19(26)15-21(22)24(30)28-13-4-5-17(16-28)23(29)27-12-2-3-14-34(31,32)20-9-6-18(25)7-10-20/h3,6-11,14-15,17H,2,4-5,12-13,16H2,1H3,(H,27,29)/b14-3+/t17-/m0/s1. The summed E-state index contributed by atoms with van der Waals surface area (Å²) in [6.45, 7) is 1.13. The van der Waals surface area contributed by atoms with E-state index in [0.717, 1.165) is 5.41 Å². The highest BCUT2D eigenvalue weighted by atomic mass is 35.5. The van der Waals surface area contributed by atoms with Gasteiger partial charge in [0.25, 0.3) is 5.91 Å². The number of rotatable bonds is 8. The van der Waals surface area contributed by atoms with Crippen LogP contribution in [0.4, 0.5) is 0 Å². The lowest BCUT2D eigenvalue weighted by Crippen LogP contribution is -2.45. The first kappa shape index (κ1) is 26.1. The molecule has 1 fully saturated rings. The molecule has 0 unspecified atom stereocenters. The van der Waals surface area contributed by atoms with E-state index in [1.807, 2.05) is 0 Å². The van der Waals surface area contributed by atoms with E-state index in [9.17, 15) is 18.0 Å². The number of likely N-dealkylation sites (tertiary alicyclic amines) is 1. The smallest absolute Gasteiger partial charge is 0.257 e. The fourth-order valence-corrected chi connectivity index (χ4v) is 5.07. The van der Waals surface area contributed by atoms with E-state index in [-0.39, 0.29) is 29.2 Å². The van der Waals surface area contributed by atoms with Crippen molar-refractivity contribution in [3.05, 3.63) is 69.6 Å². The number of hydrogen-bond acceptors (Lipinski definition) is 5. The molecule has 1 saturated heterocycles. The van der Waals surface area contributed by atoms with Gasteiger partial charge in [0.05, 0.1) is 23.5 Å². The van der Waals surface area contributed by atoms with Crippen LogP contribution in [0.2, 0.25) is 10.0 Å². The summed E-state index contributed by atoms with van der Waals surface area (Å²) in [6, 6.07) is 10.8. The number of amides is 2. The molecule has 2 amide bonds. The first-order valence-corrected chi connectivity index (χ1v) is 13.1. The minimum absolute atomic E-state index is 0.153. The third kappa shape index (κ3) is 6.74. The third-order valence-electron chi connectivity index (χ3n) is 5.50. The van der Waals surface area contributed by atoms with Gasteiger partial charge in [0.2, 0.25) is 5.91 Å². The highest BCUT2D eigenvalue weighted by Crippen LogP contribution is 2.26. The first-order chi connectivity index (χ1) is 16.2. The quantitative estimate of drug-likeness (QED) is 0.518. The molecule has 0 aliphatic carbocycles.